The summed E-state index contributed by atoms with van der Waals surface area (Å²) in [6.07, 6.45) is 0. The molecule has 1 heterocycles. The number of rotatable bonds is 2. The van der Waals surface area contributed by atoms with Gasteiger partial charge >= 0.3 is 0 Å². The van der Waals surface area contributed by atoms with Crippen LogP contribution in [0.5, 0.6) is 0 Å². The highest BCUT2D eigenvalue weighted by Gasteiger charge is 2.43. The van der Waals surface area contributed by atoms with Gasteiger partial charge in [0.1, 0.15) is 0 Å². The third kappa shape index (κ3) is 4.02. The Kier molecular flexibility index (Phi) is 5.28. The molecule has 26 heavy (non-hydrogen) atoms. The first-order chi connectivity index (χ1) is 12.2. The van der Waals surface area contributed by atoms with Crippen molar-refractivity contribution >= 4 is 0 Å². The van der Waals surface area contributed by atoms with Gasteiger partial charge in [-0.3, -0.25) is 9.80 Å². The zero-order valence-corrected chi connectivity index (χ0v) is 17.2. The molecule has 1 fully saturated rings. The van der Waals surface area contributed by atoms with Crippen molar-refractivity contribution in [2.75, 3.05) is 13.1 Å². The summed E-state index contributed by atoms with van der Waals surface area (Å²) in [6, 6.07) is 22.9. The van der Waals surface area contributed by atoms with Crippen LogP contribution in [0.25, 0.3) is 0 Å². The average Bonchev–Trinajstić information content (AvgIpc) is 2.60. The summed E-state index contributed by atoms with van der Waals surface area (Å²) >= 11 is 0. The van der Waals surface area contributed by atoms with Crippen LogP contribution in [-0.2, 0) is 0 Å². The van der Waals surface area contributed by atoms with E-state index in [0.717, 1.165) is 13.1 Å². The Labute approximate surface area is 159 Å². The van der Waals surface area contributed by atoms with Crippen LogP contribution in [-0.4, -0.2) is 34.0 Å². The van der Waals surface area contributed by atoms with Gasteiger partial charge in [0, 0.05) is 36.3 Å². The molecule has 140 valence electrons. The second-order valence-electron chi connectivity index (χ2n) is 9.50. The standard InChI is InChI=1S/C24H34N2/c1-23(2,3)25-17-22(20-15-11-8-12-16-20)26(24(4,5)6)18-21(25)19-13-9-7-10-14-19/h7-16,21-22H,17-18H2,1-6H3. The molecular formula is C24H34N2. The lowest BCUT2D eigenvalue weighted by molar-refractivity contribution is -0.0613. The molecule has 2 atom stereocenters. The molecule has 0 aromatic heterocycles. The lowest BCUT2D eigenvalue weighted by Crippen LogP contribution is -2.60. The largest absolute Gasteiger partial charge is 0.288 e. The predicted octanol–water partition coefficient (Wildman–Crippen LogP) is 5.68. The smallest absolute Gasteiger partial charge is 0.0481 e. The van der Waals surface area contributed by atoms with Gasteiger partial charge in [-0.05, 0) is 52.7 Å². The highest BCUT2D eigenvalue weighted by Crippen LogP contribution is 2.41. The molecule has 0 spiro atoms. The van der Waals surface area contributed by atoms with Crippen molar-refractivity contribution < 1.29 is 0 Å². The van der Waals surface area contributed by atoms with Gasteiger partial charge in [-0.1, -0.05) is 60.7 Å². The first-order valence-corrected chi connectivity index (χ1v) is 9.81. The minimum atomic E-state index is 0.123. The van der Waals surface area contributed by atoms with Crippen molar-refractivity contribution in [2.45, 2.75) is 64.7 Å². The molecule has 0 aliphatic carbocycles. The molecule has 2 aromatic rings. The predicted molar refractivity (Wildman–Crippen MR) is 111 cm³/mol. The molecule has 1 aliphatic rings. The van der Waals surface area contributed by atoms with Crippen molar-refractivity contribution in [1.82, 2.24) is 9.80 Å². The first kappa shape index (κ1) is 19.1. The van der Waals surface area contributed by atoms with Gasteiger partial charge in [-0.25, -0.2) is 0 Å². The van der Waals surface area contributed by atoms with Crippen LogP contribution in [0.15, 0.2) is 60.7 Å². The second kappa shape index (κ2) is 7.17. The summed E-state index contributed by atoms with van der Waals surface area (Å²) in [5, 5.41) is 0. The van der Waals surface area contributed by atoms with E-state index < -0.39 is 0 Å². The van der Waals surface area contributed by atoms with E-state index in [0.29, 0.717) is 12.1 Å². The van der Waals surface area contributed by atoms with Gasteiger partial charge in [0.15, 0.2) is 0 Å². The van der Waals surface area contributed by atoms with E-state index in [1.807, 2.05) is 0 Å². The maximum atomic E-state index is 2.70. The van der Waals surface area contributed by atoms with E-state index in [-0.39, 0.29) is 11.1 Å². The molecule has 0 N–H and O–H groups in total. The molecule has 0 bridgehead atoms. The average molecular weight is 351 g/mol. The Balaban J connectivity index is 2.04. The topological polar surface area (TPSA) is 6.48 Å². The number of benzene rings is 2. The minimum Gasteiger partial charge on any atom is -0.288 e. The lowest BCUT2D eigenvalue weighted by Gasteiger charge is -2.55. The van der Waals surface area contributed by atoms with E-state index in [1.54, 1.807) is 0 Å². The third-order valence-corrected chi connectivity index (χ3v) is 5.58. The maximum absolute atomic E-state index is 2.70. The van der Waals surface area contributed by atoms with Crippen LogP contribution in [0.3, 0.4) is 0 Å². The molecule has 0 amide bonds. The van der Waals surface area contributed by atoms with Crippen molar-refractivity contribution in [3.63, 3.8) is 0 Å². The molecular weight excluding hydrogens is 316 g/mol. The monoisotopic (exact) mass is 350 g/mol. The van der Waals surface area contributed by atoms with Crippen molar-refractivity contribution in [3.05, 3.63) is 71.8 Å². The molecule has 0 saturated carbocycles. The molecule has 3 rings (SSSR count). The van der Waals surface area contributed by atoms with E-state index in [2.05, 4.69) is 112 Å². The van der Waals surface area contributed by atoms with Gasteiger partial charge < -0.3 is 0 Å². The quantitative estimate of drug-likeness (QED) is 0.687. The zero-order valence-electron chi connectivity index (χ0n) is 17.2. The highest BCUT2D eigenvalue weighted by atomic mass is 15.4. The van der Waals surface area contributed by atoms with E-state index in [9.17, 15) is 0 Å². The Bertz CT molecular complexity index is 631. The number of hydrogen-bond donors (Lipinski definition) is 0. The first-order valence-electron chi connectivity index (χ1n) is 9.81. The molecule has 1 saturated heterocycles. The molecule has 0 radical (unpaired) electrons. The molecule has 2 nitrogen and oxygen atoms in total. The van der Waals surface area contributed by atoms with Gasteiger partial charge in [-0.2, -0.15) is 0 Å². The Hall–Kier alpha value is -1.64. The Morgan fingerprint density at radius 3 is 1.15 bits per heavy atom. The van der Waals surface area contributed by atoms with Gasteiger partial charge in [0.05, 0.1) is 0 Å². The summed E-state index contributed by atoms with van der Waals surface area (Å²) < 4.78 is 0. The zero-order chi connectivity index (χ0) is 18.9. The summed E-state index contributed by atoms with van der Waals surface area (Å²) in [7, 11) is 0. The van der Waals surface area contributed by atoms with Crippen LogP contribution in [0.1, 0.15) is 64.8 Å². The second-order valence-corrected chi connectivity index (χ2v) is 9.50. The van der Waals surface area contributed by atoms with E-state index >= 15 is 0 Å². The molecule has 2 unspecified atom stereocenters. The third-order valence-electron chi connectivity index (χ3n) is 5.58. The lowest BCUT2D eigenvalue weighted by atomic mass is 9.87. The molecule has 1 aliphatic heterocycles. The van der Waals surface area contributed by atoms with Crippen LogP contribution < -0.4 is 0 Å². The van der Waals surface area contributed by atoms with E-state index in [1.165, 1.54) is 11.1 Å². The van der Waals surface area contributed by atoms with Crippen molar-refractivity contribution in [3.8, 4) is 0 Å². The number of piperazine rings is 1. The summed E-state index contributed by atoms with van der Waals surface area (Å²) in [6.45, 7) is 16.2. The van der Waals surface area contributed by atoms with Crippen LogP contribution in [0.4, 0.5) is 0 Å². The molecule has 2 aromatic carbocycles. The van der Waals surface area contributed by atoms with Gasteiger partial charge in [0.25, 0.3) is 0 Å². The fourth-order valence-corrected chi connectivity index (χ4v) is 4.23. The van der Waals surface area contributed by atoms with Crippen molar-refractivity contribution in [2.24, 2.45) is 0 Å². The summed E-state index contributed by atoms with van der Waals surface area (Å²) in [5.74, 6) is 0. The fourth-order valence-electron chi connectivity index (χ4n) is 4.23. The number of hydrogen-bond acceptors (Lipinski definition) is 2. The van der Waals surface area contributed by atoms with Crippen LogP contribution >= 0.6 is 0 Å². The minimum absolute atomic E-state index is 0.123. The van der Waals surface area contributed by atoms with Gasteiger partial charge in [0.2, 0.25) is 0 Å². The molecule has 2 heteroatoms. The highest BCUT2D eigenvalue weighted by molar-refractivity contribution is 5.25. The normalized spacial score (nSPS) is 23.2. The fraction of sp³-hybridized carbons (Fsp3) is 0.500. The summed E-state index contributed by atoms with van der Waals surface area (Å²) in [5.41, 5.74) is 3.08. The van der Waals surface area contributed by atoms with Crippen LogP contribution in [0.2, 0.25) is 0 Å². The Morgan fingerprint density at radius 1 is 0.577 bits per heavy atom. The maximum Gasteiger partial charge on any atom is 0.0481 e. The number of nitrogens with zero attached hydrogens (tertiary/aromatic N) is 2. The Morgan fingerprint density at radius 2 is 0.885 bits per heavy atom. The van der Waals surface area contributed by atoms with E-state index in [4.69, 9.17) is 0 Å². The summed E-state index contributed by atoms with van der Waals surface area (Å²) in [4.78, 5) is 5.39. The van der Waals surface area contributed by atoms with Crippen LogP contribution in [0, 0.1) is 0 Å². The SMILES string of the molecule is CC(C)(C)N1CC(c2ccccc2)N(C(C)(C)C)CC1c1ccccc1. The van der Waals surface area contributed by atoms with Gasteiger partial charge in [-0.15, -0.1) is 0 Å². The van der Waals surface area contributed by atoms with Crippen molar-refractivity contribution in [1.29, 1.82) is 0 Å².